The van der Waals surface area contributed by atoms with Gasteiger partial charge in [-0.25, -0.2) is 13.6 Å². The van der Waals surface area contributed by atoms with Crippen LogP contribution in [0.15, 0.2) is 84.9 Å². The summed E-state index contributed by atoms with van der Waals surface area (Å²) in [5.74, 6) is -1.91. The fourth-order valence-electron chi connectivity index (χ4n) is 5.81. The van der Waals surface area contributed by atoms with E-state index in [1.807, 2.05) is 53.1 Å². The van der Waals surface area contributed by atoms with Gasteiger partial charge >= 0.3 is 5.97 Å². The predicted molar refractivity (Wildman–Crippen MR) is 158 cm³/mol. The van der Waals surface area contributed by atoms with Gasteiger partial charge in [0.25, 0.3) is 0 Å². The predicted octanol–water partition coefficient (Wildman–Crippen LogP) is 7.71. The van der Waals surface area contributed by atoms with Crippen LogP contribution >= 0.6 is 0 Å². The average molecular weight is 579 g/mol. The topological polar surface area (TPSA) is 73.5 Å². The Kier molecular flexibility index (Phi) is 7.91. The van der Waals surface area contributed by atoms with E-state index in [1.165, 1.54) is 19.2 Å². The van der Waals surface area contributed by atoms with Crippen LogP contribution in [0.25, 0.3) is 27.7 Å². The van der Waals surface area contributed by atoms with E-state index in [1.54, 1.807) is 18.2 Å². The lowest BCUT2D eigenvalue weighted by Gasteiger charge is -2.26. The normalized spacial score (nSPS) is 13.5. The fraction of sp³-hybridized carbons (Fsp3) is 0.200. The first-order valence-electron chi connectivity index (χ1n) is 14.0. The lowest BCUT2D eigenvalue weighted by molar-refractivity contribution is 0.0600. The van der Waals surface area contributed by atoms with Gasteiger partial charge in [0.2, 0.25) is 0 Å². The molecule has 0 bridgehead atoms. The number of esters is 1. The third-order valence-electron chi connectivity index (χ3n) is 7.83. The average Bonchev–Trinajstić information content (AvgIpc) is 3.41. The van der Waals surface area contributed by atoms with Gasteiger partial charge in [0, 0.05) is 47.7 Å². The van der Waals surface area contributed by atoms with Gasteiger partial charge in [-0.2, -0.15) is 5.26 Å². The van der Waals surface area contributed by atoms with Crippen molar-refractivity contribution in [1.82, 2.24) is 4.57 Å². The van der Waals surface area contributed by atoms with Gasteiger partial charge in [0.1, 0.15) is 12.4 Å². The summed E-state index contributed by atoms with van der Waals surface area (Å²) in [5.41, 5.74) is 4.84. The minimum Gasteiger partial charge on any atom is -0.488 e. The van der Waals surface area contributed by atoms with Crippen LogP contribution in [0, 0.1) is 23.0 Å². The molecular formula is C35H28F2N2O4. The van der Waals surface area contributed by atoms with Crippen molar-refractivity contribution < 1.29 is 27.8 Å². The number of nitrogens with zero attached hydrogens (tertiary/aromatic N) is 2. The van der Waals surface area contributed by atoms with Gasteiger partial charge in [0.05, 0.1) is 35.2 Å². The van der Waals surface area contributed by atoms with Gasteiger partial charge < -0.3 is 18.8 Å². The van der Waals surface area contributed by atoms with Crippen molar-refractivity contribution in [2.75, 3.05) is 20.3 Å². The Morgan fingerprint density at radius 2 is 1.77 bits per heavy atom. The van der Waals surface area contributed by atoms with E-state index in [4.69, 9.17) is 14.2 Å². The lowest BCUT2D eigenvalue weighted by Crippen LogP contribution is -2.17. The molecule has 0 amide bonds. The fourth-order valence-corrected chi connectivity index (χ4v) is 5.81. The second kappa shape index (κ2) is 12.1. The van der Waals surface area contributed by atoms with Crippen LogP contribution in [0.5, 0.6) is 5.75 Å². The third kappa shape index (κ3) is 5.36. The monoisotopic (exact) mass is 578 g/mol. The first-order chi connectivity index (χ1) is 21.0. The van der Waals surface area contributed by atoms with Gasteiger partial charge in [-0.05, 0) is 54.8 Å². The summed E-state index contributed by atoms with van der Waals surface area (Å²) in [6, 6.07) is 26.4. The van der Waals surface area contributed by atoms with Gasteiger partial charge in [0.15, 0.2) is 11.6 Å². The van der Waals surface area contributed by atoms with E-state index in [-0.39, 0.29) is 17.0 Å². The van der Waals surface area contributed by atoms with E-state index in [9.17, 15) is 18.8 Å². The summed E-state index contributed by atoms with van der Waals surface area (Å²) in [4.78, 5) is 12.3. The van der Waals surface area contributed by atoms with Gasteiger partial charge in [-0.15, -0.1) is 0 Å². The Balaban J connectivity index is 1.68. The summed E-state index contributed by atoms with van der Waals surface area (Å²) in [6.07, 6.45) is 1.38. The van der Waals surface area contributed by atoms with Crippen molar-refractivity contribution >= 4 is 16.9 Å². The smallest absolute Gasteiger partial charge is 0.337 e. The second-order valence-corrected chi connectivity index (χ2v) is 10.4. The summed E-state index contributed by atoms with van der Waals surface area (Å²) >= 11 is 0. The van der Waals surface area contributed by atoms with Crippen molar-refractivity contribution in [2.45, 2.75) is 25.4 Å². The molecule has 0 radical (unpaired) electrons. The Labute approximate surface area is 247 Å². The number of methoxy groups -OCH3 is 1. The molecule has 0 atom stereocenters. The number of fused-ring (bicyclic) bond motifs is 1. The van der Waals surface area contributed by atoms with Gasteiger partial charge in [-0.1, -0.05) is 42.5 Å². The number of carbonyl (C=O) groups excluding carboxylic acids is 1. The molecule has 1 aliphatic rings. The highest BCUT2D eigenvalue weighted by Gasteiger charge is 2.31. The van der Waals surface area contributed by atoms with Crippen molar-refractivity contribution in [3.05, 3.63) is 119 Å². The molecule has 8 heteroatoms. The SMILES string of the molecule is COC(=O)c1ccc(-c2c(C3CCOCC3)n(-c3ccc(F)c(F)c3)c3cccc(OCc4ccccc4)c23)c(C#N)c1. The molecule has 2 heterocycles. The van der Waals surface area contributed by atoms with Crippen LogP contribution < -0.4 is 4.74 Å². The van der Waals surface area contributed by atoms with Crippen LogP contribution in [0.2, 0.25) is 0 Å². The van der Waals surface area contributed by atoms with E-state index in [0.29, 0.717) is 55.2 Å². The zero-order chi connectivity index (χ0) is 29.9. The first-order valence-corrected chi connectivity index (χ1v) is 14.0. The second-order valence-electron chi connectivity index (χ2n) is 10.4. The van der Waals surface area contributed by atoms with E-state index in [0.717, 1.165) is 28.3 Å². The molecular weight excluding hydrogens is 550 g/mol. The Bertz CT molecular complexity index is 1850. The molecule has 216 valence electrons. The van der Waals surface area contributed by atoms with Crippen molar-refractivity contribution in [3.63, 3.8) is 0 Å². The molecule has 0 aliphatic carbocycles. The minimum absolute atomic E-state index is 0.0296. The van der Waals surface area contributed by atoms with Crippen LogP contribution in [0.1, 0.15) is 45.9 Å². The van der Waals surface area contributed by atoms with Crippen LogP contribution in [0.3, 0.4) is 0 Å². The maximum absolute atomic E-state index is 14.7. The summed E-state index contributed by atoms with van der Waals surface area (Å²) < 4.78 is 47.8. The molecule has 6 rings (SSSR count). The van der Waals surface area contributed by atoms with Crippen molar-refractivity contribution in [3.8, 4) is 28.6 Å². The number of benzene rings is 4. The highest BCUT2D eigenvalue weighted by atomic mass is 19.2. The van der Waals surface area contributed by atoms with Crippen LogP contribution in [-0.2, 0) is 16.1 Å². The number of hydrogen-bond acceptors (Lipinski definition) is 5. The largest absolute Gasteiger partial charge is 0.488 e. The molecule has 5 aromatic rings. The Morgan fingerprint density at radius 1 is 0.977 bits per heavy atom. The minimum atomic E-state index is -0.963. The third-order valence-corrected chi connectivity index (χ3v) is 7.83. The molecule has 4 aromatic carbocycles. The summed E-state index contributed by atoms with van der Waals surface area (Å²) in [7, 11) is 1.29. The lowest BCUT2D eigenvalue weighted by atomic mass is 9.88. The molecule has 0 unspecified atom stereocenters. The zero-order valence-electron chi connectivity index (χ0n) is 23.5. The number of rotatable bonds is 7. The number of carbonyl (C=O) groups is 1. The molecule has 1 aliphatic heterocycles. The zero-order valence-corrected chi connectivity index (χ0v) is 23.5. The number of ether oxygens (including phenoxy) is 3. The summed E-state index contributed by atoms with van der Waals surface area (Å²) in [6.45, 7) is 1.37. The van der Waals surface area contributed by atoms with Crippen LogP contribution in [0.4, 0.5) is 8.78 Å². The van der Waals surface area contributed by atoms with E-state index >= 15 is 0 Å². The molecule has 0 saturated carbocycles. The summed E-state index contributed by atoms with van der Waals surface area (Å²) in [5, 5.41) is 11.0. The Morgan fingerprint density at radius 3 is 2.49 bits per heavy atom. The van der Waals surface area contributed by atoms with Crippen molar-refractivity contribution in [2.24, 2.45) is 0 Å². The Hall–Kier alpha value is -5.00. The number of nitriles is 1. The number of hydrogen-bond donors (Lipinski definition) is 0. The maximum Gasteiger partial charge on any atom is 0.337 e. The highest BCUT2D eigenvalue weighted by molar-refractivity contribution is 6.05. The molecule has 6 nitrogen and oxygen atoms in total. The maximum atomic E-state index is 14.7. The van der Waals surface area contributed by atoms with Gasteiger partial charge in [-0.3, -0.25) is 0 Å². The van der Waals surface area contributed by atoms with E-state index in [2.05, 4.69) is 6.07 Å². The molecule has 43 heavy (non-hydrogen) atoms. The van der Waals surface area contributed by atoms with Crippen LogP contribution in [-0.4, -0.2) is 30.9 Å². The number of aromatic nitrogens is 1. The number of halogens is 2. The molecule has 0 N–H and O–H groups in total. The first kappa shape index (κ1) is 28.1. The standard InChI is InChI=1S/C35H28F2N2O4/c1-41-35(40)24-10-12-27(25(18-24)20-38)32-33-30(8-5-9-31(33)43-21-22-6-3-2-4-7-22)39(26-11-13-28(36)29(37)19-26)34(32)23-14-16-42-17-15-23/h2-13,18-19,23H,14-17,21H2,1H3. The van der Waals surface area contributed by atoms with Crippen molar-refractivity contribution in [1.29, 1.82) is 5.26 Å². The molecule has 1 aromatic heterocycles. The quantitative estimate of drug-likeness (QED) is 0.185. The molecule has 0 spiro atoms. The van der Waals surface area contributed by atoms with E-state index < -0.39 is 17.6 Å². The molecule has 1 fully saturated rings. The molecule has 1 saturated heterocycles. The highest BCUT2D eigenvalue weighted by Crippen LogP contribution is 2.47.